The summed E-state index contributed by atoms with van der Waals surface area (Å²) in [7, 11) is 0. The van der Waals surface area contributed by atoms with Crippen molar-refractivity contribution >= 4 is 12.3 Å². The van der Waals surface area contributed by atoms with Crippen molar-refractivity contribution in [2.45, 2.75) is 32.1 Å². The Balaban J connectivity index is 0.000000225. The molecular weight excluding hydrogens is 320 g/mol. The SMILES string of the molecule is CC(C)(C)OC=O.Nc1cc(-c2ccc(C34CN3CCO4)cc2)[nH]n1. The number of fused-ring (bicyclic) bond motifs is 1. The molecule has 7 heteroatoms. The van der Waals surface area contributed by atoms with E-state index in [1.165, 1.54) is 5.56 Å². The number of nitrogens with two attached hydrogens (primary N) is 1. The third kappa shape index (κ3) is 3.83. The fourth-order valence-corrected chi connectivity index (χ4v) is 2.84. The average Bonchev–Trinajstić information content (AvgIpc) is 2.90. The summed E-state index contributed by atoms with van der Waals surface area (Å²) in [5.74, 6) is 0.514. The molecule has 4 rings (SSSR count). The van der Waals surface area contributed by atoms with Crippen molar-refractivity contribution < 1.29 is 14.3 Å². The number of ether oxygens (including phenoxy) is 2. The monoisotopic (exact) mass is 344 g/mol. The molecule has 25 heavy (non-hydrogen) atoms. The quantitative estimate of drug-likeness (QED) is 0.654. The Bertz CT molecular complexity index is 736. The Morgan fingerprint density at radius 3 is 2.48 bits per heavy atom. The van der Waals surface area contributed by atoms with Gasteiger partial charge in [0.05, 0.1) is 12.3 Å². The summed E-state index contributed by atoms with van der Waals surface area (Å²) in [6.07, 6.45) is 0. The van der Waals surface area contributed by atoms with Crippen LogP contribution in [0.5, 0.6) is 0 Å². The molecule has 0 radical (unpaired) electrons. The highest BCUT2D eigenvalue weighted by Crippen LogP contribution is 2.47. The first-order chi connectivity index (χ1) is 11.8. The maximum Gasteiger partial charge on any atom is 0.293 e. The van der Waals surface area contributed by atoms with Crippen LogP contribution in [0.15, 0.2) is 30.3 Å². The Morgan fingerprint density at radius 1 is 1.36 bits per heavy atom. The lowest BCUT2D eigenvalue weighted by Crippen LogP contribution is -2.17. The molecule has 0 aliphatic carbocycles. The fraction of sp³-hybridized carbons (Fsp3) is 0.444. The normalized spacial score (nSPS) is 24.0. The van der Waals surface area contributed by atoms with Gasteiger partial charge in [0.2, 0.25) is 0 Å². The number of anilines is 1. The van der Waals surface area contributed by atoms with Crippen LogP contribution in [0.4, 0.5) is 5.82 Å². The lowest BCUT2D eigenvalue weighted by Gasteiger charge is -2.14. The van der Waals surface area contributed by atoms with Gasteiger partial charge in [-0.25, -0.2) is 0 Å². The number of H-pyrrole nitrogens is 1. The molecule has 7 nitrogen and oxygen atoms in total. The molecule has 2 unspecified atom stereocenters. The number of hydrogen-bond acceptors (Lipinski definition) is 6. The summed E-state index contributed by atoms with van der Waals surface area (Å²) in [6, 6.07) is 10.2. The molecule has 0 saturated carbocycles. The summed E-state index contributed by atoms with van der Waals surface area (Å²) in [5, 5.41) is 6.85. The van der Waals surface area contributed by atoms with E-state index in [0.717, 1.165) is 31.0 Å². The molecule has 2 saturated heterocycles. The summed E-state index contributed by atoms with van der Waals surface area (Å²) < 4.78 is 10.4. The zero-order valence-electron chi connectivity index (χ0n) is 14.8. The number of nitrogens with one attached hydrogen (secondary N) is 1. The summed E-state index contributed by atoms with van der Waals surface area (Å²) in [6.45, 7) is 8.81. The average molecular weight is 344 g/mol. The summed E-state index contributed by atoms with van der Waals surface area (Å²) >= 11 is 0. The van der Waals surface area contributed by atoms with Gasteiger partial charge >= 0.3 is 0 Å². The van der Waals surface area contributed by atoms with Crippen molar-refractivity contribution in [1.82, 2.24) is 15.1 Å². The van der Waals surface area contributed by atoms with Gasteiger partial charge in [-0.2, -0.15) is 5.10 Å². The third-order valence-corrected chi connectivity index (χ3v) is 4.16. The van der Waals surface area contributed by atoms with Gasteiger partial charge in [-0.15, -0.1) is 0 Å². The van der Waals surface area contributed by atoms with Gasteiger partial charge in [0.15, 0.2) is 5.72 Å². The van der Waals surface area contributed by atoms with Crippen molar-refractivity contribution in [2.75, 3.05) is 25.4 Å². The molecule has 2 aliphatic heterocycles. The summed E-state index contributed by atoms with van der Waals surface area (Å²) in [4.78, 5) is 11.9. The van der Waals surface area contributed by atoms with Crippen molar-refractivity contribution in [3.8, 4) is 11.3 Å². The minimum atomic E-state index is -0.318. The van der Waals surface area contributed by atoms with Gasteiger partial charge < -0.3 is 15.2 Å². The molecule has 1 aromatic heterocycles. The van der Waals surface area contributed by atoms with Crippen LogP contribution in [0, 0.1) is 0 Å². The lowest BCUT2D eigenvalue weighted by molar-refractivity contribution is -0.138. The number of rotatable bonds is 3. The Kier molecular flexibility index (Phi) is 4.53. The lowest BCUT2D eigenvalue weighted by atomic mass is 10.1. The molecule has 2 fully saturated rings. The predicted octanol–water partition coefficient (Wildman–Crippen LogP) is 2.12. The highest BCUT2D eigenvalue weighted by atomic mass is 16.5. The van der Waals surface area contributed by atoms with Gasteiger partial charge in [-0.1, -0.05) is 24.3 Å². The van der Waals surface area contributed by atoms with Gasteiger partial charge in [0.1, 0.15) is 11.4 Å². The maximum atomic E-state index is 9.60. The number of aromatic amines is 1. The zero-order chi connectivity index (χ0) is 18.1. The first kappa shape index (κ1) is 17.4. The smallest absolute Gasteiger partial charge is 0.293 e. The summed E-state index contributed by atoms with van der Waals surface area (Å²) in [5.41, 5.74) is 8.43. The third-order valence-electron chi connectivity index (χ3n) is 4.16. The van der Waals surface area contributed by atoms with Gasteiger partial charge in [-0.3, -0.25) is 14.8 Å². The first-order valence-corrected chi connectivity index (χ1v) is 8.26. The Labute approximate surface area is 147 Å². The molecule has 1 aromatic carbocycles. The molecule has 3 heterocycles. The highest BCUT2D eigenvalue weighted by molar-refractivity contribution is 5.62. The zero-order valence-corrected chi connectivity index (χ0v) is 14.8. The van der Waals surface area contributed by atoms with E-state index in [1.807, 2.05) is 26.8 Å². The molecule has 134 valence electrons. The Hall–Kier alpha value is -2.38. The van der Waals surface area contributed by atoms with Crippen LogP contribution in [-0.2, 0) is 20.0 Å². The molecule has 0 bridgehead atoms. The van der Waals surface area contributed by atoms with Crippen LogP contribution >= 0.6 is 0 Å². The largest absolute Gasteiger partial charge is 0.462 e. The van der Waals surface area contributed by atoms with E-state index in [9.17, 15) is 4.79 Å². The predicted molar refractivity (Wildman–Crippen MR) is 94.5 cm³/mol. The minimum Gasteiger partial charge on any atom is -0.462 e. The van der Waals surface area contributed by atoms with E-state index in [2.05, 4.69) is 44.1 Å². The van der Waals surface area contributed by atoms with Crippen molar-refractivity contribution in [3.05, 3.63) is 35.9 Å². The second kappa shape index (κ2) is 6.50. The van der Waals surface area contributed by atoms with Crippen molar-refractivity contribution in [2.24, 2.45) is 0 Å². The Morgan fingerprint density at radius 2 is 2.08 bits per heavy atom. The molecular formula is C18H24N4O3. The molecule has 2 aromatic rings. The number of hydrogen-bond donors (Lipinski definition) is 2. The van der Waals surface area contributed by atoms with Crippen LogP contribution in [-0.4, -0.2) is 46.9 Å². The second-order valence-electron chi connectivity index (χ2n) is 7.16. The molecule has 0 spiro atoms. The molecule has 0 amide bonds. The van der Waals surface area contributed by atoms with Crippen molar-refractivity contribution in [1.29, 1.82) is 0 Å². The number of nitrogens with zero attached hydrogens (tertiary/aromatic N) is 2. The number of aromatic nitrogens is 2. The molecule has 3 N–H and O–H groups in total. The minimum absolute atomic E-state index is 0.120. The fourth-order valence-electron chi connectivity index (χ4n) is 2.84. The number of nitrogen functional groups attached to an aromatic ring is 1. The molecule has 2 atom stereocenters. The number of benzene rings is 1. The van der Waals surface area contributed by atoms with E-state index >= 15 is 0 Å². The second-order valence-corrected chi connectivity index (χ2v) is 7.16. The van der Waals surface area contributed by atoms with Crippen LogP contribution in [0.2, 0.25) is 0 Å². The van der Waals surface area contributed by atoms with Crippen molar-refractivity contribution in [3.63, 3.8) is 0 Å². The van der Waals surface area contributed by atoms with E-state index in [-0.39, 0.29) is 11.3 Å². The van der Waals surface area contributed by atoms with E-state index in [4.69, 9.17) is 10.5 Å². The number of carbonyl (C=O) groups is 1. The van der Waals surface area contributed by atoms with E-state index in [0.29, 0.717) is 12.3 Å². The van der Waals surface area contributed by atoms with Crippen LogP contribution in [0.1, 0.15) is 26.3 Å². The van der Waals surface area contributed by atoms with Crippen LogP contribution in [0.25, 0.3) is 11.3 Å². The number of carbonyl (C=O) groups excluding carboxylic acids is 1. The van der Waals surface area contributed by atoms with Crippen LogP contribution < -0.4 is 5.73 Å². The molecule has 2 aliphatic rings. The van der Waals surface area contributed by atoms with Crippen LogP contribution in [0.3, 0.4) is 0 Å². The van der Waals surface area contributed by atoms with Gasteiger partial charge in [0, 0.05) is 24.7 Å². The standard InChI is InChI=1S/C13H14N4O.C5H10O2/c14-12-7-11(15-16-12)9-1-3-10(4-2-9)13-8-17(13)5-6-18-13;1-5(2,3)7-4-6/h1-4,7H,5-6,8H2,(H3,14,15,16);4H,1-3H3. The van der Waals surface area contributed by atoms with Gasteiger partial charge in [-0.05, 0) is 26.3 Å². The first-order valence-electron chi connectivity index (χ1n) is 8.26. The maximum absolute atomic E-state index is 9.60. The van der Waals surface area contributed by atoms with Gasteiger partial charge in [0.25, 0.3) is 6.47 Å². The highest BCUT2D eigenvalue weighted by Gasteiger charge is 2.58. The van der Waals surface area contributed by atoms with E-state index < -0.39 is 0 Å². The topological polar surface area (TPSA) is 93.2 Å². The number of morpholine rings is 1. The van der Waals surface area contributed by atoms with E-state index in [1.54, 1.807) is 0 Å².